The fraction of sp³-hybridized carbons (Fsp3) is 0.375. The Balaban J connectivity index is 1.80. The largest absolute Gasteiger partial charge is 0.497 e. The molecule has 0 saturated carbocycles. The van der Waals surface area contributed by atoms with Crippen LogP contribution in [0.5, 0.6) is 11.5 Å². The third-order valence-electron chi connectivity index (χ3n) is 7.10. The number of hydrogen-bond acceptors (Lipinski definition) is 8. The summed E-state index contributed by atoms with van der Waals surface area (Å²) in [7, 11) is 5.56. The van der Waals surface area contributed by atoms with Gasteiger partial charge in [-0.05, 0) is 80.1 Å². The molecule has 2 N–H and O–H groups in total. The minimum atomic E-state index is -1.43. The Morgan fingerprint density at radius 3 is 2.63 bits per heavy atom. The minimum absolute atomic E-state index is 0.0521. The average Bonchev–Trinajstić information content (AvgIpc) is 3.41. The second-order valence-corrected chi connectivity index (χ2v) is 10.5. The van der Waals surface area contributed by atoms with Gasteiger partial charge in [0.1, 0.15) is 11.5 Å². The number of azide groups is 1. The Morgan fingerprint density at radius 1 is 1.12 bits per heavy atom. The summed E-state index contributed by atoms with van der Waals surface area (Å²) < 4.78 is 17.8. The molecule has 226 valence electrons. The van der Waals surface area contributed by atoms with Crippen molar-refractivity contribution in [3.63, 3.8) is 0 Å². The molecule has 3 aromatic carbocycles. The van der Waals surface area contributed by atoms with Gasteiger partial charge in [-0.3, -0.25) is 4.79 Å². The fourth-order valence-corrected chi connectivity index (χ4v) is 4.93. The van der Waals surface area contributed by atoms with E-state index in [0.29, 0.717) is 59.3 Å². The molecule has 43 heavy (non-hydrogen) atoms. The molecule has 0 bridgehead atoms. The van der Waals surface area contributed by atoms with Crippen molar-refractivity contribution in [2.75, 3.05) is 47.5 Å². The van der Waals surface area contributed by atoms with Crippen LogP contribution in [0, 0.1) is 0 Å². The lowest BCUT2D eigenvalue weighted by atomic mass is 9.81. The highest BCUT2D eigenvalue weighted by molar-refractivity contribution is 6.01. The third-order valence-corrected chi connectivity index (χ3v) is 7.10. The predicted molar refractivity (Wildman–Crippen MR) is 165 cm³/mol. The Kier molecular flexibility index (Phi) is 11.0. The molecule has 0 saturated heterocycles. The normalized spacial score (nSPS) is 17.5. The molecule has 0 radical (unpaired) electrons. The molecule has 2 atom stereocenters. The number of carbonyl (C=O) groups excluding carboxylic acids is 1. The van der Waals surface area contributed by atoms with E-state index in [4.69, 9.17) is 24.3 Å². The van der Waals surface area contributed by atoms with Gasteiger partial charge in [0, 0.05) is 42.2 Å². The summed E-state index contributed by atoms with van der Waals surface area (Å²) in [6.45, 7) is 1.71. The van der Waals surface area contributed by atoms with Crippen molar-refractivity contribution in [3.05, 3.63) is 99.9 Å². The monoisotopic (exact) mass is 586 g/mol. The first-order valence-corrected chi connectivity index (χ1v) is 14.2. The predicted octanol–water partition coefficient (Wildman–Crippen LogP) is 4.97. The van der Waals surface area contributed by atoms with Crippen molar-refractivity contribution in [1.29, 1.82) is 0 Å². The standard InChI is InChI=1S/C32H38N6O5/c1-38(2)18-7-17-34-31(40)32(22-25-9-4-5-12-28(25)36-37-33)29(24-10-6-11-27(21-24)41-3)43-30(35-32)23-13-15-26(16-14-23)42-20-8-19-39/h4-6,9-16,21,29,39H,7-8,17-20,22H2,1-3H3,(H,34,40)/t29-,32-/m1/s1. The fourth-order valence-electron chi connectivity index (χ4n) is 4.93. The number of carbonyl (C=O) groups is 1. The minimum Gasteiger partial charge on any atom is -0.497 e. The second kappa shape index (κ2) is 15.1. The van der Waals surface area contributed by atoms with Gasteiger partial charge in [-0.1, -0.05) is 41.5 Å². The molecule has 4 rings (SSSR count). The molecule has 1 aliphatic rings. The summed E-state index contributed by atoms with van der Waals surface area (Å²) in [5, 5.41) is 16.0. The zero-order valence-electron chi connectivity index (χ0n) is 24.8. The molecule has 0 aliphatic carbocycles. The Labute approximate surface area is 251 Å². The summed E-state index contributed by atoms with van der Waals surface area (Å²) in [5.41, 5.74) is 10.3. The summed E-state index contributed by atoms with van der Waals surface area (Å²) >= 11 is 0. The topological polar surface area (TPSA) is 141 Å². The maximum absolute atomic E-state index is 14.3. The van der Waals surface area contributed by atoms with Gasteiger partial charge >= 0.3 is 0 Å². The quantitative estimate of drug-likeness (QED) is 0.112. The number of amides is 1. The Morgan fingerprint density at radius 2 is 1.91 bits per heavy atom. The van der Waals surface area contributed by atoms with Crippen LogP contribution in [0.1, 0.15) is 35.6 Å². The SMILES string of the molecule is COc1cccc([C@H]2OC(c3ccc(OCCCO)cc3)=N[C@@]2(Cc2ccccc2N=[N+]=[N-])C(=O)NCCCN(C)C)c1. The number of ether oxygens (including phenoxy) is 3. The van der Waals surface area contributed by atoms with E-state index in [-0.39, 0.29) is 18.9 Å². The van der Waals surface area contributed by atoms with Crippen molar-refractivity contribution in [2.45, 2.75) is 30.9 Å². The summed E-state index contributed by atoms with van der Waals surface area (Å²) in [6.07, 6.45) is 0.591. The number of nitrogens with one attached hydrogen (secondary N) is 1. The van der Waals surface area contributed by atoms with Gasteiger partial charge in [-0.25, -0.2) is 4.99 Å². The van der Waals surface area contributed by atoms with Gasteiger partial charge in [-0.2, -0.15) is 0 Å². The first kappa shape index (κ1) is 31.4. The van der Waals surface area contributed by atoms with Crippen LogP contribution >= 0.6 is 0 Å². The molecule has 3 aromatic rings. The summed E-state index contributed by atoms with van der Waals surface area (Å²) in [4.78, 5) is 24.4. The second-order valence-electron chi connectivity index (χ2n) is 10.5. The average molecular weight is 587 g/mol. The van der Waals surface area contributed by atoms with Crippen molar-refractivity contribution in [3.8, 4) is 11.5 Å². The Hall–Kier alpha value is -4.57. The van der Waals surface area contributed by atoms with Crippen LogP contribution in [0.2, 0.25) is 0 Å². The first-order chi connectivity index (χ1) is 20.9. The van der Waals surface area contributed by atoms with Gasteiger partial charge in [0.05, 0.1) is 13.7 Å². The number of nitrogens with zero attached hydrogens (tertiary/aromatic N) is 5. The maximum Gasteiger partial charge on any atom is 0.252 e. The van der Waals surface area contributed by atoms with E-state index < -0.39 is 11.6 Å². The molecule has 0 unspecified atom stereocenters. The Bertz CT molecular complexity index is 1450. The number of benzene rings is 3. The number of methoxy groups -OCH3 is 1. The maximum atomic E-state index is 14.3. The molecule has 1 amide bonds. The zero-order valence-corrected chi connectivity index (χ0v) is 24.8. The molecule has 1 heterocycles. The van der Waals surface area contributed by atoms with Crippen LogP contribution in [-0.2, 0) is 16.0 Å². The highest BCUT2D eigenvalue weighted by Crippen LogP contribution is 2.44. The molecule has 0 aromatic heterocycles. The molecule has 0 fully saturated rings. The lowest BCUT2D eigenvalue weighted by Crippen LogP contribution is -2.50. The number of rotatable bonds is 15. The van der Waals surface area contributed by atoms with E-state index in [1.807, 2.05) is 62.6 Å². The van der Waals surface area contributed by atoms with Gasteiger partial charge < -0.3 is 29.5 Å². The van der Waals surface area contributed by atoms with Gasteiger partial charge in [0.15, 0.2) is 11.6 Å². The van der Waals surface area contributed by atoms with Crippen LogP contribution in [0.3, 0.4) is 0 Å². The molecule has 11 nitrogen and oxygen atoms in total. The molecular formula is C32H38N6O5. The van der Waals surface area contributed by atoms with Crippen LogP contribution in [0.15, 0.2) is 82.9 Å². The van der Waals surface area contributed by atoms with E-state index in [1.54, 1.807) is 31.4 Å². The van der Waals surface area contributed by atoms with Crippen LogP contribution in [0.4, 0.5) is 5.69 Å². The van der Waals surface area contributed by atoms with E-state index in [9.17, 15) is 10.3 Å². The zero-order chi connectivity index (χ0) is 30.7. The third kappa shape index (κ3) is 7.84. The molecule has 1 aliphatic heterocycles. The number of aliphatic hydroxyl groups excluding tert-OH is 1. The van der Waals surface area contributed by atoms with Gasteiger partial charge in [0.2, 0.25) is 5.90 Å². The van der Waals surface area contributed by atoms with Crippen molar-refractivity contribution >= 4 is 17.5 Å². The lowest BCUT2D eigenvalue weighted by Gasteiger charge is -2.31. The van der Waals surface area contributed by atoms with Gasteiger partial charge in [-0.15, -0.1) is 0 Å². The van der Waals surface area contributed by atoms with Crippen LogP contribution in [-0.4, -0.2) is 74.9 Å². The van der Waals surface area contributed by atoms with Crippen molar-refractivity contribution < 1.29 is 24.1 Å². The van der Waals surface area contributed by atoms with Crippen molar-refractivity contribution in [1.82, 2.24) is 10.2 Å². The summed E-state index contributed by atoms with van der Waals surface area (Å²) in [5.74, 6) is 1.27. The van der Waals surface area contributed by atoms with E-state index in [2.05, 4.69) is 20.2 Å². The van der Waals surface area contributed by atoms with E-state index >= 15 is 0 Å². The number of aliphatic imine (C=N–C) groups is 1. The lowest BCUT2D eigenvalue weighted by molar-refractivity contribution is -0.128. The van der Waals surface area contributed by atoms with Crippen LogP contribution in [0.25, 0.3) is 10.4 Å². The smallest absolute Gasteiger partial charge is 0.252 e. The number of hydrogen-bond donors (Lipinski definition) is 2. The molecular weight excluding hydrogens is 548 g/mol. The highest BCUT2D eigenvalue weighted by atomic mass is 16.5. The van der Waals surface area contributed by atoms with Gasteiger partial charge in [0.25, 0.3) is 5.91 Å². The van der Waals surface area contributed by atoms with Crippen LogP contribution < -0.4 is 14.8 Å². The summed E-state index contributed by atoms with van der Waals surface area (Å²) in [6, 6.07) is 21.8. The van der Waals surface area contributed by atoms with E-state index in [1.165, 1.54) is 0 Å². The number of aliphatic hydroxyl groups is 1. The van der Waals surface area contributed by atoms with E-state index in [0.717, 1.165) is 13.0 Å². The molecule has 11 heteroatoms. The highest BCUT2D eigenvalue weighted by Gasteiger charge is 2.53. The molecule has 0 spiro atoms. The first-order valence-electron chi connectivity index (χ1n) is 14.2. The van der Waals surface area contributed by atoms with Crippen molar-refractivity contribution in [2.24, 2.45) is 10.1 Å².